The average molecular weight is 247 g/mol. The molecule has 18 heavy (non-hydrogen) atoms. The predicted octanol–water partition coefficient (Wildman–Crippen LogP) is 1.55. The van der Waals surface area contributed by atoms with Gasteiger partial charge >= 0.3 is 0 Å². The Kier molecular flexibility index (Phi) is 4.07. The molecule has 0 unspecified atom stereocenters. The summed E-state index contributed by atoms with van der Waals surface area (Å²) in [6, 6.07) is 6.06. The summed E-state index contributed by atoms with van der Waals surface area (Å²) >= 11 is 0. The zero-order chi connectivity index (χ0) is 13.0. The number of nitrogens with zero attached hydrogens (tertiary/aromatic N) is 1. The van der Waals surface area contributed by atoms with Crippen molar-refractivity contribution < 1.29 is 4.79 Å². The first-order chi connectivity index (χ1) is 8.72. The lowest BCUT2D eigenvalue weighted by Gasteiger charge is -2.32. The lowest BCUT2D eigenvalue weighted by molar-refractivity contribution is -0.120. The van der Waals surface area contributed by atoms with Gasteiger partial charge in [-0.05, 0) is 31.4 Å². The second-order valence-corrected chi connectivity index (χ2v) is 4.65. The number of hydrogen-bond acceptors (Lipinski definition) is 3. The van der Waals surface area contributed by atoms with Crippen molar-refractivity contribution in [3.8, 4) is 0 Å². The first-order valence-electron chi connectivity index (χ1n) is 6.61. The molecule has 1 amide bonds. The average Bonchev–Trinajstić information content (AvgIpc) is 2.37. The Hall–Kier alpha value is -1.71. The summed E-state index contributed by atoms with van der Waals surface area (Å²) in [5.74, 6) is 0.110. The SMILES string of the molecule is CCNC(=O)CCN1CCCc2cccc(N)c21. The molecule has 1 aliphatic heterocycles. The molecule has 98 valence electrons. The van der Waals surface area contributed by atoms with Crippen LogP contribution in [0.4, 0.5) is 11.4 Å². The fraction of sp³-hybridized carbons (Fsp3) is 0.500. The maximum Gasteiger partial charge on any atom is 0.221 e. The van der Waals surface area contributed by atoms with E-state index in [0.717, 1.165) is 37.3 Å². The first kappa shape index (κ1) is 12.7. The van der Waals surface area contributed by atoms with E-state index in [1.165, 1.54) is 5.56 Å². The summed E-state index contributed by atoms with van der Waals surface area (Å²) in [7, 11) is 0. The van der Waals surface area contributed by atoms with Crippen molar-refractivity contribution in [1.82, 2.24) is 5.32 Å². The number of fused-ring (bicyclic) bond motifs is 1. The van der Waals surface area contributed by atoms with Crippen LogP contribution in [0.3, 0.4) is 0 Å². The molecule has 0 aromatic heterocycles. The van der Waals surface area contributed by atoms with Gasteiger partial charge in [0.25, 0.3) is 0 Å². The molecular formula is C14H21N3O. The summed E-state index contributed by atoms with van der Waals surface area (Å²) in [6.07, 6.45) is 2.74. The second kappa shape index (κ2) is 5.76. The maximum absolute atomic E-state index is 11.5. The quantitative estimate of drug-likeness (QED) is 0.794. The number of rotatable bonds is 4. The molecule has 2 rings (SSSR count). The normalized spacial score (nSPS) is 14.2. The molecule has 1 heterocycles. The molecule has 3 N–H and O–H groups in total. The van der Waals surface area contributed by atoms with E-state index in [1.54, 1.807) is 0 Å². The molecule has 1 aromatic carbocycles. The highest BCUT2D eigenvalue weighted by Crippen LogP contribution is 2.32. The van der Waals surface area contributed by atoms with Crippen LogP contribution in [0.5, 0.6) is 0 Å². The highest BCUT2D eigenvalue weighted by atomic mass is 16.1. The smallest absolute Gasteiger partial charge is 0.221 e. The van der Waals surface area contributed by atoms with Gasteiger partial charge in [-0.3, -0.25) is 4.79 Å². The van der Waals surface area contributed by atoms with Crippen LogP contribution in [0, 0.1) is 0 Å². The Morgan fingerprint density at radius 1 is 1.50 bits per heavy atom. The lowest BCUT2D eigenvalue weighted by Crippen LogP contribution is -2.34. The van der Waals surface area contributed by atoms with Crippen molar-refractivity contribution in [1.29, 1.82) is 0 Å². The van der Waals surface area contributed by atoms with Crippen molar-refractivity contribution in [2.24, 2.45) is 0 Å². The van der Waals surface area contributed by atoms with Crippen LogP contribution in [0.25, 0.3) is 0 Å². The van der Waals surface area contributed by atoms with E-state index < -0.39 is 0 Å². The van der Waals surface area contributed by atoms with Crippen LogP contribution < -0.4 is 16.0 Å². The predicted molar refractivity (Wildman–Crippen MR) is 74.7 cm³/mol. The van der Waals surface area contributed by atoms with Crippen molar-refractivity contribution in [3.63, 3.8) is 0 Å². The first-order valence-corrected chi connectivity index (χ1v) is 6.61. The molecule has 0 spiro atoms. The van der Waals surface area contributed by atoms with Crippen LogP contribution in [0.2, 0.25) is 0 Å². The minimum atomic E-state index is 0.110. The Morgan fingerprint density at radius 3 is 3.11 bits per heavy atom. The molecule has 0 atom stereocenters. The van der Waals surface area contributed by atoms with E-state index in [-0.39, 0.29) is 5.91 Å². The van der Waals surface area contributed by atoms with Crippen LogP contribution >= 0.6 is 0 Å². The molecule has 1 aliphatic rings. The third-order valence-electron chi connectivity index (χ3n) is 3.32. The van der Waals surface area contributed by atoms with Crippen LogP contribution in [0.15, 0.2) is 18.2 Å². The standard InChI is InChI=1S/C14H21N3O/c1-2-16-13(18)8-10-17-9-4-6-11-5-3-7-12(15)14(11)17/h3,5,7H,2,4,6,8-10,15H2,1H3,(H,16,18). The Bertz CT molecular complexity index is 431. The number of aryl methyl sites for hydroxylation is 1. The fourth-order valence-corrected chi connectivity index (χ4v) is 2.52. The minimum Gasteiger partial charge on any atom is -0.397 e. The van der Waals surface area contributed by atoms with Gasteiger partial charge in [-0.25, -0.2) is 0 Å². The third kappa shape index (κ3) is 2.75. The molecule has 4 nitrogen and oxygen atoms in total. The molecule has 0 bridgehead atoms. The number of anilines is 2. The summed E-state index contributed by atoms with van der Waals surface area (Å²) in [6.45, 7) is 4.36. The molecule has 4 heteroatoms. The molecule has 1 aromatic rings. The van der Waals surface area contributed by atoms with E-state index >= 15 is 0 Å². The number of amides is 1. The maximum atomic E-state index is 11.5. The van der Waals surface area contributed by atoms with E-state index in [9.17, 15) is 4.79 Å². The van der Waals surface area contributed by atoms with E-state index in [2.05, 4.69) is 16.3 Å². The fourth-order valence-electron chi connectivity index (χ4n) is 2.52. The van der Waals surface area contributed by atoms with Crippen molar-refractivity contribution in [2.75, 3.05) is 30.3 Å². The van der Waals surface area contributed by atoms with Crippen LogP contribution in [-0.2, 0) is 11.2 Å². The highest BCUT2D eigenvalue weighted by molar-refractivity contribution is 5.78. The van der Waals surface area contributed by atoms with E-state index in [4.69, 9.17) is 5.73 Å². The summed E-state index contributed by atoms with van der Waals surface area (Å²) < 4.78 is 0. The van der Waals surface area contributed by atoms with Gasteiger partial charge in [0.15, 0.2) is 0 Å². The third-order valence-corrected chi connectivity index (χ3v) is 3.32. The van der Waals surface area contributed by atoms with Gasteiger partial charge in [0.2, 0.25) is 5.91 Å². The van der Waals surface area contributed by atoms with Gasteiger partial charge in [0.1, 0.15) is 0 Å². The topological polar surface area (TPSA) is 58.4 Å². The summed E-state index contributed by atoms with van der Waals surface area (Å²) in [5.41, 5.74) is 9.31. The van der Waals surface area contributed by atoms with Crippen LogP contribution in [0.1, 0.15) is 25.3 Å². The second-order valence-electron chi connectivity index (χ2n) is 4.65. The molecule has 0 aliphatic carbocycles. The Labute approximate surface area is 108 Å². The number of carbonyl (C=O) groups excluding carboxylic acids is 1. The summed E-state index contributed by atoms with van der Waals surface area (Å²) in [4.78, 5) is 13.8. The summed E-state index contributed by atoms with van der Waals surface area (Å²) in [5, 5.41) is 2.83. The minimum absolute atomic E-state index is 0.110. The Morgan fingerprint density at radius 2 is 2.33 bits per heavy atom. The van der Waals surface area contributed by atoms with Gasteiger partial charge in [-0.1, -0.05) is 12.1 Å². The largest absolute Gasteiger partial charge is 0.397 e. The van der Waals surface area contributed by atoms with Crippen LogP contribution in [-0.4, -0.2) is 25.5 Å². The number of nitrogens with one attached hydrogen (secondary N) is 1. The zero-order valence-corrected chi connectivity index (χ0v) is 10.9. The number of nitrogens with two attached hydrogens (primary N) is 1. The van der Waals surface area contributed by atoms with Gasteiger partial charge in [0.05, 0.1) is 11.4 Å². The van der Waals surface area contributed by atoms with Crippen molar-refractivity contribution >= 4 is 17.3 Å². The number of nitrogen functional groups attached to an aromatic ring is 1. The van der Waals surface area contributed by atoms with E-state index in [1.807, 2.05) is 19.1 Å². The molecule has 0 radical (unpaired) electrons. The lowest BCUT2D eigenvalue weighted by atomic mass is 10.0. The zero-order valence-electron chi connectivity index (χ0n) is 10.9. The molecule has 0 saturated heterocycles. The van der Waals surface area contributed by atoms with Gasteiger partial charge in [0, 0.05) is 26.1 Å². The Balaban J connectivity index is 2.06. The molecule has 0 fully saturated rings. The van der Waals surface area contributed by atoms with Gasteiger partial charge in [-0.15, -0.1) is 0 Å². The molecule has 0 saturated carbocycles. The number of hydrogen-bond donors (Lipinski definition) is 2. The number of carbonyl (C=O) groups is 1. The number of para-hydroxylation sites is 1. The van der Waals surface area contributed by atoms with Gasteiger partial charge < -0.3 is 16.0 Å². The molecular weight excluding hydrogens is 226 g/mol. The number of benzene rings is 1. The highest BCUT2D eigenvalue weighted by Gasteiger charge is 2.19. The monoisotopic (exact) mass is 247 g/mol. The van der Waals surface area contributed by atoms with Crippen molar-refractivity contribution in [3.05, 3.63) is 23.8 Å². The van der Waals surface area contributed by atoms with Crippen molar-refractivity contribution in [2.45, 2.75) is 26.2 Å². The van der Waals surface area contributed by atoms with E-state index in [0.29, 0.717) is 13.0 Å². The van der Waals surface area contributed by atoms with Gasteiger partial charge in [-0.2, -0.15) is 0 Å².